The van der Waals surface area contributed by atoms with Gasteiger partial charge in [-0.05, 0) is 42.5 Å². The summed E-state index contributed by atoms with van der Waals surface area (Å²) in [7, 11) is 0. The highest BCUT2D eigenvalue weighted by Crippen LogP contribution is 2.47. The van der Waals surface area contributed by atoms with Gasteiger partial charge in [-0.25, -0.2) is 9.96 Å². The van der Waals surface area contributed by atoms with Gasteiger partial charge < -0.3 is 4.42 Å². The Balaban J connectivity index is 1.58. The topological polar surface area (TPSA) is 63.0 Å². The van der Waals surface area contributed by atoms with Gasteiger partial charge >= 0.3 is 0 Å². The summed E-state index contributed by atoms with van der Waals surface area (Å²) in [6.45, 7) is 0. The van der Waals surface area contributed by atoms with Crippen molar-refractivity contribution in [1.29, 1.82) is 0 Å². The number of hydrogen-bond donors (Lipinski definition) is 0. The van der Waals surface area contributed by atoms with Gasteiger partial charge in [0.1, 0.15) is 17.7 Å². The summed E-state index contributed by atoms with van der Waals surface area (Å²) in [6, 6.07) is 16.8. The number of imide groups is 1. The van der Waals surface area contributed by atoms with Crippen LogP contribution in [-0.2, 0) is 14.4 Å². The number of rotatable bonds is 3. The molecule has 3 unspecified atom stereocenters. The molecule has 0 bridgehead atoms. The lowest BCUT2D eigenvalue weighted by atomic mass is 9.94. The van der Waals surface area contributed by atoms with Gasteiger partial charge in [0.05, 0.1) is 17.6 Å². The number of anilines is 2. The van der Waals surface area contributed by atoms with Crippen LogP contribution in [0, 0.1) is 5.92 Å². The fraction of sp³-hybridized carbons (Fsp3) is 0.143. The van der Waals surface area contributed by atoms with E-state index in [0.29, 0.717) is 21.5 Å². The first-order valence-corrected chi connectivity index (χ1v) is 9.68. The van der Waals surface area contributed by atoms with Crippen LogP contribution in [0.2, 0.25) is 10.0 Å². The third kappa shape index (κ3) is 2.92. The highest BCUT2D eigenvalue weighted by Gasteiger charge is 2.61. The highest BCUT2D eigenvalue weighted by molar-refractivity contribution is 6.35. The van der Waals surface area contributed by atoms with E-state index in [4.69, 9.17) is 32.5 Å². The van der Waals surface area contributed by atoms with Crippen LogP contribution >= 0.6 is 23.2 Å². The molecular weight excluding hydrogens is 415 g/mol. The van der Waals surface area contributed by atoms with Crippen LogP contribution in [0.15, 0.2) is 71.3 Å². The Kier molecular flexibility index (Phi) is 4.35. The van der Waals surface area contributed by atoms with Gasteiger partial charge in [0, 0.05) is 10.0 Å². The number of amides is 2. The predicted octanol–water partition coefficient (Wildman–Crippen LogP) is 4.64. The normalized spacial score (nSPS) is 23.7. The maximum absolute atomic E-state index is 13.4. The van der Waals surface area contributed by atoms with E-state index >= 15 is 0 Å². The zero-order valence-electron chi connectivity index (χ0n) is 14.9. The number of furan rings is 1. The molecule has 2 aliphatic rings. The number of hydrogen-bond acceptors (Lipinski definition) is 5. The molecule has 5 rings (SSSR count). The van der Waals surface area contributed by atoms with Crippen LogP contribution in [0.1, 0.15) is 11.8 Å². The van der Waals surface area contributed by atoms with E-state index in [2.05, 4.69) is 0 Å². The lowest BCUT2D eigenvalue weighted by molar-refractivity contribution is -0.126. The van der Waals surface area contributed by atoms with Crippen molar-refractivity contribution in [3.05, 3.63) is 82.7 Å². The summed E-state index contributed by atoms with van der Waals surface area (Å²) in [5.41, 5.74) is 1.04. The lowest BCUT2D eigenvalue weighted by Crippen LogP contribution is -2.37. The molecular formula is C21H14Cl2N2O4. The summed E-state index contributed by atoms with van der Waals surface area (Å²) in [4.78, 5) is 33.6. The first-order valence-electron chi connectivity index (χ1n) is 8.93. The molecule has 8 heteroatoms. The van der Waals surface area contributed by atoms with Crippen LogP contribution in [0.4, 0.5) is 11.4 Å². The quantitative estimate of drug-likeness (QED) is 0.568. The molecule has 2 fully saturated rings. The Bertz CT molecular complexity index is 1070. The van der Waals surface area contributed by atoms with Crippen molar-refractivity contribution in [3.63, 3.8) is 0 Å². The van der Waals surface area contributed by atoms with Crippen LogP contribution in [0.5, 0.6) is 0 Å². The Morgan fingerprint density at radius 3 is 2.21 bits per heavy atom. The molecule has 1 aromatic heterocycles. The molecule has 6 nitrogen and oxygen atoms in total. The lowest BCUT2D eigenvalue weighted by Gasteiger charge is -2.27. The number of carbonyl (C=O) groups excluding carboxylic acids is 2. The Hall–Kier alpha value is -2.80. The minimum Gasteiger partial charge on any atom is -0.467 e. The molecule has 3 aromatic rings. The van der Waals surface area contributed by atoms with Gasteiger partial charge in [-0.15, -0.1) is 0 Å². The molecule has 3 heterocycles. The summed E-state index contributed by atoms with van der Waals surface area (Å²) in [5, 5.41) is 2.24. The highest BCUT2D eigenvalue weighted by atomic mass is 35.5. The van der Waals surface area contributed by atoms with Crippen molar-refractivity contribution in [2.24, 2.45) is 5.92 Å². The van der Waals surface area contributed by atoms with Gasteiger partial charge in [0.25, 0.3) is 5.91 Å². The summed E-state index contributed by atoms with van der Waals surface area (Å²) < 4.78 is 5.59. The third-order valence-corrected chi connectivity index (χ3v) is 5.50. The number of carbonyl (C=O) groups is 2. The molecule has 0 spiro atoms. The fourth-order valence-corrected chi connectivity index (χ4v) is 4.40. The molecule has 0 saturated carbocycles. The molecule has 2 aromatic carbocycles. The monoisotopic (exact) mass is 428 g/mol. The zero-order chi connectivity index (χ0) is 20.1. The van der Waals surface area contributed by atoms with Crippen molar-refractivity contribution in [2.75, 3.05) is 9.96 Å². The zero-order valence-corrected chi connectivity index (χ0v) is 16.4. The van der Waals surface area contributed by atoms with E-state index in [1.807, 2.05) is 30.3 Å². The molecule has 2 aliphatic heterocycles. The molecule has 3 atom stereocenters. The van der Waals surface area contributed by atoms with Crippen molar-refractivity contribution in [3.8, 4) is 0 Å². The van der Waals surface area contributed by atoms with Crippen molar-refractivity contribution in [2.45, 2.75) is 12.1 Å². The van der Waals surface area contributed by atoms with Gasteiger partial charge in [-0.1, -0.05) is 41.4 Å². The van der Waals surface area contributed by atoms with Gasteiger partial charge in [0.2, 0.25) is 5.91 Å². The van der Waals surface area contributed by atoms with E-state index in [1.54, 1.807) is 17.2 Å². The maximum atomic E-state index is 13.4. The molecule has 2 amide bonds. The van der Waals surface area contributed by atoms with Crippen molar-refractivity contribution >= 4 is 46.4 Å². The Morgan fingerprint density at radius 1 is 0.828 bits per heavy atom. The maximum Gasteiger partial charge on any atom is 0.266 e. The Labute approximate surface area is 176 Å². The predicted molar refractivity (Wildman–Crippen MR) is 108 cm³/mol. The van der Waals surface area contributed by atoms with E-state index in [0.717, 1.165) is 10.6 Å². The average molecular weight is 429 g/mol. The smallest absolute Gasteiger partial charge is 0.266 e. The van der Waals surface area contributed by atoms with E-state index in [9.17, 15) is 9.59 Å². The van der Waals surface area contributed by atoms with Crippen molar-refractivity contribution < 1.29 is 18.8 Å². The molecule has 0 N–H and O–H groups in total. The van der Waals surface area contributed by atoms with Crippen LogP contribution < -0.4 is 9.96 Å². The van der Waals surface area contributed by atoms with Gasteiger partial charge in [-0.3, -0.25) is 14.4 Å². The minimum atomic E-state index is -0.976. The summed E-state index contributed by atoms with van der Waals surface area (Å²) in [5.74, 6) is -1.09. The second-order valence-corrected chi connectivity index (χ2v) is 7.69. The number of nitrogens with zero attached hydrogens (tertiary/aromatic N) is 2. The van der Waals surface area contributed by atoms with Crippen LogP contribution in [0.25, 0.3) is 0 Å². The summed E-state index contributed by atoms with van der Waals surface area (Å²) >= 11 is 12.1. The number of fused-ring (bicyclic) bond motifs is 1. The van der Waals surface area contributed by atoms with E-state index in [-0.39, 0.29) is 0 Å². The fourth-order valence-electron chi connectivity index (χ4n) is 3.88. The number of hydroxylamine groups is 1. The van der Waals surface area contributed by atoms with Gasteiger partial charge in [0.15, 0.2) is 6.10 Å². The van der Waals surface area contributed by atoms with Gasteiger partial charge in [-0.2, -0.15) is 0 Å². The Morgan fingerprint density at radius 2 is 1.55 bits per heavy atom. The van der Waals surface area contributed by atoms with Crippen LogP contribution in [-0.4, -0.2) is 17.9 Å². The average Bonchev–Trinajstić information content (AvgIpc) is 3.39. The molecule has 0 radical (unpaired) electrons. The third-order valence-electron chi connectivity index (χ3n) is 5.07. The number of halogens is 2. The van der Waals surface area contributed by atoms with E-state index in [1.165, 1.54) is 24.5 Å². The SMILES string of the molecule is O=C1C2ON(c3ccccc3)C(c3ccco3)C2C(=O)N1c1cc(Cl)cc(Cl)c1. The first-order chi connectivity index (χ1) is 14.0. The number of benzene rings is 2. The van der Waals surface area contributed by atoms with Crippen molar-refractivity contribution in [1.82, 2.24) is 0 Å². The van der Waals surface area contributed by atoms with E-state index < -0.39 is 29.9 Å². The molecule has 146 valence electrons. The minimum absolute atomic E-state index is 0.319. The number of para-hydroxylation sites is 1. The molecule has 0 aliphatic carbocycles. The second kappa shape index (κ2) is 6.91. The largest absolute Gasteiger partial charge is 0.467 e. The van der Waals surface area contributed by atoms with Crippen LogP contribution in [0.3, 0.4) is 0 Å². The first kappa shape index (κ1) is 18.2. The standard InChI is InChI=1S/C21H14Cl2N2O4/c22-12-9-13(23)11-15(10-12)24-20(26)17-18(16-7-4-8-28-16)25(29-19(17)21(24)27)14-5-2-1-3-6-14/h1-11,17-19H. The molecule has 29 heavy (non-hydrogen) atoms. The molecule has 2 saturated heterocycles. The summed E-state index contributed by atoms with van der Waals surface area (Å²) in [6.07, 6.45) is 0.553. The second-order valence-electron chi connectivity index (χ2n) is 6.81.